The van der Waals surface area contributed by atoms with Gasteiger partial charge in [-0.1, -0.05) is 34.6 Å². The highest BCUT2D eigenvalue weighted by Crippen LogP contribution is 2.89. The van der Waals surface area contributed by atoms with E-state index in [0.29, 0.717) is 29.7 Å². The Hall–Kier alpha value is -0.810. The number of carbonyl (C=O) groups excluding carboxylic acids is 1. The third-order valence-electron chi connectivity index (χ3n) is 16.6. The van der Waals surface area contributed by atoms with E-state index < -0.39 is 29.9 Å². The van der Waals surface area contributed by atoms with Crippen LogP contribution in [0.2, 0.25) is 0 Å². The van der Waals surface area contributed by atoms with E-state index in [1.165, 1.54) is 32.6 Å². The van der Waals surface area contributed by atoms with Crippen molar-refractivity contribution in [3.63, 3.8) is 0 Å². The van der Waals surface area contributed by atoms with Gasteiger partial charge in [0.25, 0.3) is 0 Å². The van der Waals surface area contributed by atoms with Crippen LogP contribution in [-0.2, 0) is 28.5 Å². The van der Waals surface area contributed by atoms with Crippen molar-refractivity contribution in [2.45, 2.75) is 155 Å². The molecule has 8 rings (SSSR count). The van der Waals surface area contributed by atoms with Gasteiger partial charge >= 0.3 is 5.97 Å². The molecule has 9 heteroatoms. The Kier molecular flexibility index (Phi) is 7.93. The zero-order valence-electron chi connectivity index (χ0n) is 30.8. The average Bonchev–Trinajstić information content (AvgIpc) is 3.61. The first-order chi connectivity index (χ1) is 22.5. The van der Waals surface area contributed by atoms with Gasteiger partial charge in [-0.25, -0.2) is 0 Å². The Morgan fingerprint density at radius 2 is 1.73 bits per heavy atom. The molecule has 5 saturated carbocycles. The molecule has 2 N–H and O–H groups in total. The number of aliphatic hydroxyl groups excluding tert-OH is 1. The number of nitrogens with zero attached hydrogens (tertiary/aromatic N) is 1. The summed E-state index contributed by atoms with van der Waals surface area (Å²) in [6, 6.07) is 0.508. The van der Waals surface area contributed by atoms with E-state index in [1.54, 1.807) is 13.8 Å². The average molecular weight is 674 g/mol. The molecule has 2 spiro atoms. The smallest absolute Gasteiger partial charge is 0.303 e. The van der Waals surface area contributed by atoms with Crippen LogP contribution >= 0.6 is 0 Å². The maximum atomic E-state index is 12.6. The Balaban J connectivity index is 1.03. The van der Waals surface area contributed by atoms with Crippen molar-refractivity contribution in [2.75, 3.05) is 32.9 Å². The largest absolute Gasteiger partial charge is 0.457 e. The van der Waals surface area contributed by atoms with Crippen LogP contribution in [0.15, 0.2) is 0 Å². The SMILES string of the molecule is CC(=O)O[C@@H]([C@H]1C[C@@H](C)[C@H]2[C@H](O1)[C@@H](O)[C@@]1(C)[C@@H]3CC[C@H]4C(C)(C)C(O[C@H]5CN(C6COC6)CCO5)CC[C@@]45C[C@@]35CC[C@]21C)C(C)(C)O. The predicted octanol–water partition coefficient (Wildman–Crippen LogP) is 4.94. The number of carbonyl (C=O) groups is 1. The topological polar surface area (TPSA) is 107 Å². The molecule has 14 atom stereocenters. The first-order valence-electron chi connectivity index (χ1n) is 19.3. The fraction of sp³-hybridized carbons (Fsp3) is 0.974. The van der Waals surface area contributed by atoms with E-state index in [0.717, 1.165) is 52.2 Å². The molecule has 0 aromatic heterocycles. The van der Waals surface area contributed by atoms with Crippen LogP contribution in [0.4, 0.5) is 0 Å². The minimum Gasteiger partial charge on any atom is -0.457 e. The highest BCUT2D eigenvalue weighted by molar-refractivity contribution is 5.66. The van der Waals surface area contributed by atoms with E-state index in [-0.39, 0.29) is 52.0 Å². The van der Waals surface area contributed by atoms with Crippen LogP contribution < -0.4 is 0 Å². The number of hydrogen-bond acceptors (Lipinski definition) is 9. The molecule has 3 heterocycles. The van der Waals surface area contributed by atoms with Crippen molar-refractivity contribution in [3.8, 4) is 0 Å². The van der Waals surface area contributed by atoms with Gasteiger partial charge in [0.1, 0.15) is 0 Å². The van der Waals surface area contributed by atoms with Gasteiger partial charge in [-0.3, -0.25) is 9.69 Å². The van der Waals surface area contributed by atoms with Crippen LogP contribution in [0, 0.1) is 50.7 Å². The number of aliphatic hydroxyl groups is 2. The minimum atomic E-state index is -1.25. The lowest BCUT2D eigenvalue weighted by Gasteiger charge is -2.64. The summed E-state index contributed by atoms with van der Waals surface area (Å²) in [5, 5.41) is 23.6. The number of fused-ring (bicyclic) bond motifs is 4. The summed E-state index contributed by atoms with van der Waals surface area (Å²) in [6.45, 7) is 21.0. The van der Waals surface area contributed by atoms with Crippen molar-refractivity contribution < 1.29 is 38.7 Å². The van der Waals surface area contributed by atoms with Crippen molar-refractivity contribution in [2.24, 2.45) is 50.7 Å². The van der Waals surface area contributed by atoms with Crippen LogP contribution in [0.25, 0.3) is 0 Å². The van der Waals surface area contributed by atoms with E-state index in [2.05, 4.69) is 39.5 Å². The summed E-state index contributed by atoms with van der Waals surface area (Å²) < 4.78 is 31.1. The molecule has 1 unspecified atom stereocenters. The zero-order chi connectivity index (χ0) is 34.2. The Morgan fingerprint density at radius 1 is 1.02 bits per heavy atom. The van der Waals surface area contributed by atoms with Gasteiger partial charge < -0.3 is 33.9 Å². The second kappa shape index (κ2) is 11.1. The molecule has 0 radical (unpaired) electrons. The van der Waals surface area contributed by atoms with Crippen molar-refractivity contribution in [3.05, 3.63) is 0 Å². The lowest BCUT2D eigenvalue weighted by atomic mass is 9.41. The van der Waals surface area contributed by atoms with Crippen LogP contribution in [0.3, 0.4) is 0 Å². The quantitative estimate of drug-likeness (QED) is 0.379. The number of hydrogen-bond donors (Lipinski definition) is 2. The Labute approximate surface area is 288 Å². The summed E-state index contributed by atoms with van der Waals surface area (Å²) in [6.07, 6.45) is 6.76. The summed E-state index contributed by atoms with van der Waals surface area (Å²) in [5.41, 5.74) is -0.943. The van der Waals surface area contributed by atoms with E-state index in [1.807, 2.05) is 0 Å². The summed E-state index contributed by atoms with van der Waals surface area (Å²) in [7, 11) is 0. The molecule has 5 aliphatic carbocycles. The first kappa shape index (κ1) is 34.3. The summed E-state index contributed by atoms with van der Waals surface area (Å²) >= 11 is 0. The molecule has 8 aliphatic rings. The Morgan fingerprint density at radius 3 is 2.40 bits per heavy atom. The molecular formula is C39H63NO8. The molecule has 3 aliphatic heterocycles. The molecule has 3 saturated heterocycles. The van der Waals surface area contributed by atoms with Gasteiger partial charge in [-0.15, -0.1) is 0 Å². The summed E-state index contributed by atoms with van der Waals surface area (Å²) in [4.78, 5) is 14.6. The molecule has 8 fully saturated rings. The number of morpholine rings is 1. The summed E-state index contributed by atoms with van der Waals surface area (Å²) in [5.74, 6) is 1.12. The standard InChI is InChI=1S/C39H63NO8/c1-22-17-25(33(35(5,6)43)46-23(2)41)47-31-30(22)36(7)13-14-39-21-38(39)12-11-28(48-29-18-40(15-16-45-29)24-19-44-20-24)34(3,4)26(38)9-10-27(39)37(36,8)32(31)42/h22,24-33,42-43H,9-21H2,1-8H3/t22-,25-,26+,27+,28?,29+,30+,31+,32-,33+,36-,37-,38-,39+/m1/s1. The number of ether oxygens (including phenoxy) is 5. The van der Waals surface area contributed by atoms with E-state index in [9.17, 15) is 15.0 Å². The van der Waals surface area contributed by atoms with Crippen molar-refractivity contribution >= 4 is 5.97 Å². The normalized spacial score (nSPS) is 52.1. The fourth-order valence-electron chi connectivity index (χ4n) is 14.3. The minimum absolute atomic E-state index is 0.0504. The second-order valence-electron chi connectivity index (χ2n) is 19.3. The zero-order valence-corrected chi connectivity index (χ0v) is 30.8. The monoisotopic (exact) mass is 673 g/mol. The fourth-order valence-corrected chi connectivity index (χ4v) is 14.3. The maximum absolute atomic E-state index is 12.6. The van der Waals surface area contributed by atoms with Gasteiger partial charge in [0.2, 0.25) is 0 Å². The molecule has 9 nitrogen and oxygen atoms in total. The third kappa shape index (κ3) is 4.55. The van der Waals surface area contributed by atoms with Crippen LogP contribution in [0.1, 0.15) is 107 Å². The van der Waals surface area contributed by atoms with Gasteiger partial charge in [0.05, 0.1) is 62.4 Å². The molecular weight excluding hydrogens is 610 g/mol. The van der Waals surface area contributed by atoms with Gasteiger partial charge in [0, 0.05) is 18.9 Å². The third-order valence-corrected chi connectivity index (χ3v) is 16.6. The van der Waals surface area contributed by atoms with Crippen molar-refractivity contribution in [1.82, 2.24) is 4.90 Å². The van der Waals surface area contributed by atoms with E-state index >= 15 is 0 Å². The molecule has 272 valence electrons. The van der Waals surface area contributed by atoms with Gasteiger partial charge in [-0.2, -0.15) is 0 Å². The molecule has 0 bridgehead atoms. The predicted molar refractivity (Wildman–Crippen MR) is 179 cm³/mol. The highest BCUT2D eigenvalue weighted by atomic mass is 16.7. The molecule has 0 amide bonds. The van der Waals surface area contributed by atoms with Gasteiger partial charge in [0.15, 0.2) is 12.4 Å². The van der Waals surface area contributed by atoms with Crippen molar-refractivity contribution in [1.29, 1.82) is 0 Å². The highest BCUT2D eigenvalue weighted by Gasteiger charge is 2.84. The lowest BCUT2D eigenvalue weighted by molar-refractivity contribution is -0.256. The number of esters is 1. The second-order valence-corrected chi connectivity index (χ2v) is 19.3. The van der Waals surface area contributed by atoms with Crippen LogP contribution in [-0.4, -0.2) is 102 Å². The lowest BCUT2D eigenvalue weighted by Crippen LogP contribution is -2.60. The number of rotatable bonds is 6. The molecule has 0 aromatic rings. The molecule has 48 heavy (non-hydrogen) atoms. The Bertz CT molecular complexity index is 1280. The van der Waals surface area contributed by atoms with Gasteiger partial charge in [-0.05, 0) is 111 Å². The maximum Gasteiger partial charge on any atom is 0.303 e. The molecule has 0 aromatic carbocycles. The van der Waals surface area contributed by atoms with Crippen LogP contribution in [0.5, 0.6) is 0 Å². The first-order valence-corrected chi connectivity index (χ1v) is 19.3. The van der Waals surface area contributed by atoms with E-state index in [4.69, 9.17) is 23.7 Å².